The van der Waals surface area contributed by atoms with Gasteiger partial charge >= 0.3 is 0 Å². The average molecular weight is 215 g/mol. The van der Waals surface area contributed by atoms with E-state index in [1.807, 2.05) is 0 Å². The Morgan fingerprint density at radius 2 is 2.36 bits per heavy atom. The molecule has 80 valence electrons. The molecule has 4 heteroatoms. The summed E-state index contributed by atoms with van der Waals surface area (Å²) in [7, 11) is 0. The van der Waals surface area contributed by atoms with Gasteiger partial charge in [0.25, 0.3) is 0 Å². The first-order chi connectivity index (χ1) is 6.74. The smallest absolute Gasteiger partial charge is 0.0894 e. The van der Waals surface area contributed by atoms with E-state index in [9.17, 15) is 0 Å². The number of hydrogen-bond acceptors (Lipinski definition) is 4. The summed E-state index contributed by atoms with van der Waals surface area (Å²) >= 11 is 1.76. The van der Waals surface area contributed by atoms with Gasteiger partial charge in [0.1, 0.15) is 0 Å². The minimum Gasteiger partial charge on any atom is -0.394 e. The van der Waals surface area contributed by atoms with Crippen LogP contribution < -0.4 is 5.32 Å². The van der Waals surface area contributed by atoms with Crippen molar-refractivity contribution >= 4 is 11.3 Å². The summed E-state index contributed by atoms with van der Waals surface area (Å²) in [6.45, 7) is 3.23. The van der Waals surface area contributed by atoms with Crippen molar-refractivity contribution in [3.8, 4) is 0 Å². The normalized spacial score (nSPS) is 13.1. The van der Waals surface area contributed by atoms with Crippen molar-refractivity contribution < 1.29 is 10.2 Å². The first-order valence-electron chi connectivity index (χ1n) is 4.76. The molecule has 0 aliphatic carbocycles. The van der Waals surface area contributed by atoms with Crippen molar-refractivity contribution in [2.75, 3.05) is 19.7 Å². The van der Waals surface area contributed by atoms with Gasteiger partial charge in [0.05, 0.1) is 12.7 Å². The van der Waals surface area contributed by atoms with E-state index in [0.29, 0.717) is 6.54 Å². The number of rotatable bonds is 6. The van der Waals surface area contributed by atoms with Crippen LogP contribution >= 0.6 is 11.3 Å². The summed E-state index contributed by atoms with van der Waals surface area (Å²) < 4.78 is 0. The summed E-state index contributed by atoms with van der Waals surface area (Å²) in [5, 5.41) is 22.8. The molecule has 1 aromatic heterocycles. The predicted molar refractivity (Wildman–Crippen MR) is 58.7 cm³/mol. The average Bonchev–Trinajstić information content (AvgIpc) is 2.58. The molecule has 0 amide bonds. The van der Waals surface area contributed by atoms with Crippen LogP contribution in [0, 0.1) is 6.92 Å². The maximum absolute atomic E-state index is 9.06. The monoisotopic (exact) mass is 215 g/mol. The minimum absolute atomic E-state index is 0.176. The summed E-state index contributed by atoms with van der Waals surface area (Å²) in [5.41, 5.74) is 1.33. The lowest BCUT2D eigenvalue weighted by Gasteiger charge is -2.08. The molecule has 0 fully saturated rings. The fourth-order valence-electron chi connectivity index (χ4n) is 1.20. The van der Waals surface area contributed by atoms with E-state index in [4.69, 9.17) is 10.2 Å². The Morgan fingerprint density at radius 3 is 2.93 bits per heavy atom. The molecule has 0 aliphatic heterocycles. The zero-order valence-corrected chi connectivity index (χ0v) is 9.18. The molecular weight excluding hydrogens is 198 g/mol. The van der Waals surface area contributed by atoms with Gasteiger partial charge in [-0.3, -0.25) is 0 Å². The largest absolute Gasteiger partial charge is 0.394 e. The summed E-state index contributed by atoms with van der Waals surface area (Å²) in [6.07, 6.45) is 0.348. The van der Waals surface area contributed by atoms with Crippen molar-refractivity contribution in [2.24, 2.45) is 0 Å². The standard InChI is InChI=1S/C10H17NO2S/c1-8-3-5-14-10(8)2-4-11-6-9(13)7-12/h3,5,9,11-13H,2,4,6-7H2,1H3. The lowest BCUT2D eigenvalue weighted by Crippen LogP contribution is -2.30. The van der Waals surface area contributed by atoms with Crippen molar-refractivity contribution in [1.82, 2.24) is 5.32 Å². The van der Waals surface area contributed by atoms with Crippen LogP contribution in [0.4, 0.5) is 0 Å². The highest BCUT2D eigenvalue weighted by molar-refractivity contribution is 7.10. The molecule has 0 bridgehead atoms. The number of aryl methyl sites for hydroxylation is 1. The van der Waals surface area contributed by atoms with Gasteiger partial charge in [-0.25, -0.2) is 0 Å². The quantitative estimate of drug-likeness (QED) is 0.607. The van der Waals surface area contributed by atoms with Gasteiger partial charge < -0.3 is 15.5 Å². The number of aliphatic hydroxyl groups is 2. The summed E-state index contributed by atoms with van der Waals surface area (Å²) in [4.78, 5) is 1.39. The van der Waals surface area contributed by atoms with Crippen molar-refractivity contribution in [3.05, 3.63) is 21.9 Å². The van der Waals surface area contributed by atoms with Gasteiger partial charge in [0, 0.05) is 18.0 Å². The molecule has 1 atom stereocenters. The maximum Gasteiger partial charge on any atom is 0.0894 e. The molecule has 1 heterocycles. The Labute approximate surface area is 88.4 Å². The van der Waals surface area contributed by atoms with Gasteiger partial charge in [-0.1, -0.05) is 0 Å². The van der Waals surface area contributed by atoms with Crippen LogP contribution in [-0.4, -0.2) is 36.0 Å². The molecule has 1 unspecified atom stereocenters. The van der Waals surface area contributed by atoms with E-state index in [0.717, 1.165) is 13.0 Å². The van der Waals surface area contributed by atoms with E-state index >= 15 is 0 Å². The second-order valence-corrected chi connectivity index (χ2v) is 4.32. The Hall–Kier alpha value is -0.420. The first kappa shape index (κ1) is 11.7. The first-order valence-corrected chi connectivity index (χ1v) is 5.64. The molecule has 0 radical (unpaired) electrons. The van der Waals surface area contributed by atoms with Crippen LogP contribution in [0.2, 0.25) is 0 Å². The molecule has 3 nitrogen and oxygen atoms in total. The van der Waals surface area contributed by atoms with Crippen LogP contribution in [0.25, 0.3) is 0 Å². The number of thiophene rings is 1. The summed E-state index contributed by atoms with van der Waals surface area (Å²) in [6, 6.07) is 2.11. The third kappa shape index (κ3) is 3.75. The molecular formula is C10H17NO2S. The number of hydrogen-bond donors (Lipinski definition) is 3. The highest BCUT2D eigenvalue weighted by Crippen LogP contribution is 2.15. The molecule has 1 rings (SSSR count). The lowest BCUT2D eigenvalue weighted by molar-refractivity contribution is 0.0947. The van der Waals surface area contributed by atoms with Crippen LogP contribution in [-0.2, 0) is 6.42 Å². The molecule has 0 aliphatic rings. The topological polar surface area (TPSA) is 52.5 Å². The Balaban J connectivity index is 2.13. The molecule has 0 aromatic carbocycles. The van der Waals surface area contributed by atoms with E-state index in [2.05, 4.69) is 23.7 Å². The van der Waals surface area contributed by atoms with E-state index in [1.54, 1.807) is 11.3 Å². The second kappa shape index (κ2) is 6.14. The minimum atomic E-state index is -0.639. The highest BCUT2D eigenvalue weighted by Gasteiger charge is 2.02. The number of aliphatic hydroxyl groups excluding tert-OH is 2. The molecule has 14 heavy (non-hydrogen) atoms. The zero-order chi connectivity index (χ0) is 10.4. The second-order valence-electron chi connectivity index (χ2n) is 3.32. The highest BCUT2D eigenvalue weighted by atomic mass is 32.1. The lowest BCUT2D eigenvalue weighted by atomic mass is 10.2. The van der Waals surface area contributed by atoms with Crippen LogP contribution in [0.3, 0.4) is 0 Å². The molecule has 1 aromatic rings. The van der Waals surface area contributed by atoms with Gasteiger partial charge in [0.15, 0.2) is 0 Å². The molecule has 3 N–H and O–H groups in total. The van der Waals surface area contributed by atoms with Gasteiger partial charge in [-0.2, -0.15) is 0 Å². The Morgan fingerprint density at radius 1 is 1.57 bits per heavy atom. The Kier molecular flexibility index (Phi) is 5.11. The fraction of sp³-hybridized carbons (Fsp3) is 0.600. The zero-order valence-electron chi connectivity index (χ0n) is 8.36. The van der Waals surface area contributed by atoms with Crippen LogP contribution in [0.1, 0.15) is 10.4 Å². The van der Waals surface area contributed by atoms with Crippen molar-refractivity contribution in [2.45, 2.75) is 19.4 Å². The molecule has 0 saturated carbocycles. The van der Waals surface area contributed by atoms with Crippen LogP contribution in [0.5, 0.6) is 0 Å². The Bertz CT molecular complexity index is 262. The number of nitrogens with one attached hydrogen (secondary N) is 1. The van der Waals surface area contributed by atoms with Crippen molar-refractivity contribution in [3.63, 3.8) is 0 Å². The summed E-state index contributed by atoms with van der Waals surface area (Å²) in [5.74, 6) is 0. The van der Waals surface area contributed by atoms with E-state index < -0.39 is 6.10 Å². The fourth-order valence-corrected chi connectivity index (χ4v) is 2.11. The predicted octanol–water partition coefficient (Wildman–Crippen LogP) is 0.542. The third-order valence-corrected chi connectivity index (χ3v) is 3.17. The van der Waals surface area contributed by atoms with Gasteiger partial charge in [-0.15, -0.1) is 11.3 Å². The van der Waals surface area contributed by atoms with Gasteiger partial charge in [-0.05, 0) is 30.4 Å². The third-order valence-electron chi connectivity index (χ3n) is 2.09. The van der Waals surface area contributed by atoms with E-state index in [1.165, 1.54) is 10.4 Å². The molecule has 0 saturated heterocycles. The van der Waals surface area contributed by atoms with Crippen LogP contribution in [0.15, 0.2) is 11.4 Å². The van der Waals surface area contributed by atoms with Crippen molar-refractivity contribution in [1.29, 1.82) is 0 Å². The van der Waals surface area contributed by atoms with Gasteiger partial charge in [0.2, 0.25) is 0 Å². The maximum atomic E-state index is 9.06. The SMILES string of the molecule is Cc1ccsc1CCNCC(O)CO. The molecule has 0 spiro atoms. The van der Waals surface area contributed by atoms with E-state index in [-0.39, 0.29) is 6.61 Å².